The normalized spacial score (nSPS) is 9.69. The molecule has 2 aromatic rings. The molecule has 2 rings (SSSR count). The molecule has 0 amide bonds. The van der Waals surface area contributed by atoms with Crippen LogP contribution in [0.15, 0.2) is 48.8 Å². The van der Waals surface area contributed by atoms with Crippen molar-refractivity contribution in [1.82, 2.24) is 4.98 Å². The number of pyridine rings is 1. The molecule has 0 unspecified atom stereocenters. The van der Waals surface area contributed by atoms with Crippen molar-refractivity contribution in [2.24, 2.45) is 0 Å². The Kier molecular flexibility index (Phi) is 3.30. The minimum Gasteiger partial charge on any atom is -0.264 e. The largest absolute Gasteiger partial charge is 0.264 e. The molecule has 1 aromatic heterocycles. The number of aromatic nitrogens is 1. The Morgan fingerprint density at radius 2 is 1.75 bits per heavy atom. The maximum Gasteiger partial charge on any atom is 0.0991 e. The number of rotatable bonds is 3. The third-order valence-electron chi connectivity index (χ3n) is 2.51. The number of benzene rings is 1. The van der Waals surface area contributed by atoms with Crippen molar-refractivity contribution in [3.05, 3.63) is 65.5 Å². The van der Waals surface area contributed by atoms with E-state index in [4.69, 9.17) is 5.26 Å². The zero-order valence-electron chi connectivity index (χ0n) is 8.93. The predicted molar refractivity (Wildman–Crippen MR) is 62.8 cm³/mol. The van der Waals surface area contributed by atoms with Gasteiger partial charge in [0, 0.05) is 12.4 Å². The summed E-state index contributed by atoms with van der Waals surface area (Å²) in [6.45, 7) is 0. The SMILES string of the molecule is N#Cc1ccc(CCc2cccnc2)cc1. The molecule has 0 bridgehead atoms. The standard InChI is InChI=1S/C14H12N2/c15-10-13-6-3-12(4-7-13)5-8-14-2-1-9-16-11-14/h1-4,6-7,9,11H,5,8H2. The van der Waals surface area contributed by atoms with Crippen molar-refractivity contribution < 1.29 is 0 Å². The van der Waals surface area contributed by atoms with E-state index >= 15 is 0 Å². The lowest BCUT2D eigenvalue weighted by molar-refractivity contribution is 0.950. The Morgan fingerprint density at radius 1 is 1.00 bits per heavy atom. The maximum absolute atomic E-state index is 8.68. The van der Waals surface area contributed by atoms with E-state index in [1.807, 2.05) is 36.5 Å². The molecule has 0 aliphatic carbocycles. The molecule has 16 heavy (non-hydrogen) atoms. The molecule has 0 saturated carbocycles. The van der Waals surface area contributed by atoms with Crippen LogP contribution in [-0.4, -0.2) is 4.98 Å². The van der Waals surface area contributed by atoms with Gasteiger partial charge in [-0.1, -0.05) is 18.2 Å². The molecule has 0 aliphatic heterocycles. The first kappa shape index (κ1) is 10.4. The topological polar surface area (TPSA) is 36.7 Å². The fourth-order valence-electron chi connectivity index (χ4n) is 1.58. The quantitative estimate of drug-likeness (QED) is 0.777. The van der Waals surface area contributed by atoms with Gasteiger partial charge in [0.05, 0.1) is 11.6 Å². The molecule has 1 aromatic carbocycles. The lowest BCUT2D eigenvalue weighted by Crippen LogP contribution is -1.91. The van der Waals surface area contributed by atoms with E-state index in [0.717, 1.165) is 12.8 Å². The molecule has 1 heterocycles. The average Bonchev–Trinajstić information content (AvgIpc) is 2.38. The number of nitrogens with zero attached hydrogens (tertiary/aromatic N) is 2. The zero-order chi connectivity index (χ0) is 11.2. The van der Waals surface area contributed by atoms with E-state index in [-0.39, 0.29) is 0 Å². The minimum absolute atomic E-state index is 0.713. The summed E-state index contributed by atoms with van der Waals surface area (Å²) in [4.78, 5) is 4.08. The molecule has 0 spiro atoms. The highest BCUT2D eigenvalue weighted by molar-refractivity contribution is 5.31. The van der Waals surface area contributed by atoms with Gasteiger partial charge in [0.15, 0.2) is 0 Å². The van der Waals surface area contributed by atoms with Gasteiger partial charge in [-0.3, -0.25) is 4.98 Å². The van der Waals surface area contributed by atoms with E-state index in [0.29, 0.717) is 5.56 Å². The zero-order valence-corrected chi connectivity index (χ0v) is 8.93. The van der Waals surface area contributed by atoms with Crippen molar-refractivity contribution in [3.63, 3.8) is 0 Å². The van der Waals surface area contributed by atoms with Crippen LogP contribution < -0.4 is 0 Å². The van der Waals surface area contributed by atoms with Gasteiger partial charge >= 0.3 is 0 Å². The Bertz CT molecular complexity index is 480. The van der Waals surface area contributed by atoms with Gasteiger partial charge in [-0.2, -0.15) is 5.26 Å². The molecule has 0 atom stereocenters. The highest BCUT2D eigenvalue weighted by atomic mass is 14.6. The van der Waals surface area contributed by atoms with E-state index in [1.165, 1.54) is 11.1 Å². The third kappa shape index (κ3) is 2.68. The smallest absolute Gasteiger partial charge is 0.0991 e. The van der Waals surface area contributed by atoms with Gasteiger partial charge in [0.1, 0.15) is 0 Å². The molecule has 78 valence electrons. The Labute approximate surface area is 95.2 Å². The summed E-state index contributed by atoms with van der Waals surface area (Å²) < 4.78 is 0. The summed E-state index contributed by atoms with van der Waals surface area (Å²) in [6.07, 6.45) is 5.64. The molecule has 0 aliphatic rings. The molecule has 0 radical (unpaired) electrons. The number of nitriles is 1. The first-order valence-electron chi connectivity index (χ1n) is 5.26. The van der Waals surface area contributed by atoms with Crippen molar-refractivity contribution >= 4 is 0 Å². The van der Waals surface area contributed by atoms with Crippen LogP contribution in [-0.2, 0) is 12.8 Å². The number of hydrogen-bond acceptors (Lipinski definition) is 2. The number of hydrogen-bond donors (Lipinski definition) is 0. The number of aryl methyl sites for hydroxylation is 2. The van der Waals surface area contributed by atoms with Crippen LogP contribution in [0.3, 0.4) is 0 Å². The van der Waals surface area contributed by atoms with Crippen LogP contribution in [0, 0.1) is 11.3 Å². The van der Waals surface area contributed by atoms with Crippen molar-refractivity contribution in [3.8, 4) is 6.07 Å². The first-order chi connectivity index (χ1) is 7.88. The Balaban J connectivity index is 1.98. The van der Waals surface area contributed by atoms with Gasteiger partial charge in [-0.15, -0.1) is 0 Å². The minimum atomic E-state index is 0.713. The highest BCUT2D eigenvalue weighted by Crippen LogP contribution is 2.07. The van der Waals surface area contributed by atoms with Gasteiger partial charge in [-0.25, -0.2) is 0 Å². The Hall–Kier alpha value is -2.14. The van der Waals surface area contributed by atoms with Gasteiger partial charge in [-0.05, 0) is 42.2 Å². The second-order valence-electron chi connectivity index (χ2n) is 3.67. The van der Waals surface area contributed by atoms with E-state index < -0.39 is 0 Å². The summed E-state index contributed by atoms with van der Waals surface area (Å²) in [6, 6.07) is 13.9. The van der Waals surface area contributed by atoms with Gasteiger partial charge in [0.25, 0.3) is 0 Å². The van der Waals surface area contributed by atoms with Crippen molar-refractivity contribution in [2.75, 3.05) is 0 Å². The first-order valence-corrected chi connectivity index (χ1v) is 5.26. The summed E-state index contributed by atoms with van der Waals surface area (Å²) >= 11 is 0. The van der Waals surface area contributed by atoms with Gasteiger partial charge < -0.3 is 0 Å². The van der Waals surface area contributed by atoms with Crippen LogP contribution in [0.5, 0.6) is 0 Å². The second kappa shape index (κ2) is 5.09. The van der Waals surface area contributed by atoms with E-state index in [1.54, 1.807) is 6.20 Å². The Morgan fingerprint density at radius 3 is 2.38 bits per heavy atom. The van der Waals surface area contributed by atoms with Crippen molar-refractivity contribution in [1.29, 1.82) is 5.26 Å². The molecule has 2 heteroatoms. The fraction of sp³-hybridized carbons (Fsp3) is 0.143. The molecular formula is C14H12N2. The molecule has 2 nitrogen and oxygen atoms in total. The predicted octanol–water partition coefficient (Wildman–Crippen LogP) is 2.74. The van der Waals surface area contributed by atoms with Crippen LogP contribution >= 0.6 is 0 Å². The lowest BCUT2D eigenvalue weighted by atomic mass is 10.0. The summed E-state index contributed by atoms with van der Waals surface area (Å²) in [5, 5.41) is 8.68. The van der Waals surface area contributed by atoms with Crippen LogP contribution in [0.25, 0.3) is 0 Å². The lowest BCUT2D eigenvalue weighted by Gasteiger charge is -2.01. The molecule has 0 N–H and O–H groups in total. The van der Waals surface area contributed by atoms with Crippen molar-refractivity contribution in [2.45, 2.75) is 12.8 Å². The molecule has 0 fully saturated rings. The monoisotopic (exact) mass is 208 g/mol. The molecule has 0 saturated heterocycles. The van der Waals surface area contributed by atoms with E-state index in [9.17, 15) is 0 Å². The maximum atomic E-state index is 8.68. The third-order valence-corrected chi connectivity index (χ3v) is 2.51. The average molecular weight is 208 g/mol. The van der Waals surface area contributed by atoms with Crippen LogP contribution in [0.4, 0.5) is 0 Å². The summed E-state index contributed by atoms with van der Waals surface area (Å²) in [5.41, 5.74) is 3.21. The summed E-state index contributed by atoms with van der Waals surface area (Å²) in [5.74, 6) is 0. The van der Waals surface area contributed by atoms with Gasteiger partial charge in [0.2, 0.25) is 0 Å². The highest BCUT2D eigenvalue weighted by Gasteiger charge is 1.96. The second-order valence-corrected chi connectivity index (χ2v) is 3.67. The van der Waals surface area contributed by atoms with E-state index in [2.05, 4.69) is 17.1 Å². The van der Waals surface area contributed by atoms with Crippen LogP contribution in [0.2, 0.25) is 0 Å². The molecular weight excluding hydrogens is 196 g/mol. The summed E-state index contributed by atoms with van der Waals surface area (Å²) in [7, 11) is 0. The van der Waals surface area contributed by atoms with Crippen LogP contribution in [0.1, 0.15) is 16.7 Å². The fourth-order valence-corrected chi connectivity index (χ4v) is 1.58.